The summed E-state index contributed by atoms with van der Waals surface area (Å²) >= 11 is 5.92. The third kappa shape index (κ3) is 4.17. The number of rotatable bonds is 3. The summed E-state index contributed by atoms with van der Waals surface area (Å²) in [6.07, 6.45) is 2.86. The maximum Gasteiger partial charge on any atom is 0.414 e. The monoisotopic (exact) mass is 343 g/mol. The van der Waals surface area contributed by atoms with Gasteiger partial charge in [0.2, 0.25) is 5.91 Å². The van der Waals surface area contributed by atoms with Gasteiger partial charge in [-0.15, -0.1) is 0 Å². The largest absolute Gasteiger partial charge is 0.414 e. The molecule has 1 amide bonds. The van der Waals surface area contributed by atoms with Gasteiger partial charge in [-0.05, 0) is 25.0 Å². The SMILES string of the molecule is N#CC1C=CC(NNC(=O)C2CC=CC=C2Cl)=C(C(F)(F)F)C1. The summed E-state index contributed by atoms with van der Waals surface area (Å²) in [4.78, 5) is 12.0. The molecule has 2 unspecified atom stereocenters. The Morgan fingerprint density at radius 1 is 1.43 bits per heavy atom. The van der Waals surface area contributed by atoms with Gasteiger partial charge in [0.1, 0.15) is 0 Å². The summed E-state index contributed by atoms with van der Waals surface area (Å²) in [6, 6.07) is 1.78. The molecule has 0 aromatic rings. The first-order valence-corrected chi connectivity index (χ1v) is 7.17. The number of halogens is 4. The van der Waals surface area contributed by atoms with E-state index in [0.29, 0.717) is 11.5 Å². The number of hydrogen-bond acceptors (Lipinski definition) is 3. The van der Waals surface area contributed by atoms with E-state index in [2.05, 4.69) is 10.9 Å². The number of carbonyl (C=O) groups excluding carboxylic acids is 1. The lowest BCUT2D eigenvalue weighted by Gasteiger charge is -2.23. The fourth-order valence-electron chi connectivity index (χ4n) is 2.24. The zero-order chi connectivity index (χ0) is 17.0. The summed E-state index contributed by atoms with van der Waals surface area (Å²) in [6.45, 7) is 0. The number of alkyl halides is 3. The number of carbonyl (C=O) groups is 1. The third-order valence-electron chi connectivity index (χ3n) is 3.49. The maximum absolute atomic E-state index is 13.0. The Bertz CT molecular complexity index is 656. The van der Waals surface area contributed by atoms with Gasteiger partial charge in [-0.1, -0.05) is 29.8 Å². The first kappa shape index (κ1) is 17.2. The summed E-state index contributed by atoms with van der Waals surface area (Å²) in [7, 11) is 0. The lowest BCUT2D eigenvalue weighted by molar-refractivity contribution is -0.124. The van der Waals surface area contributed by atoms with Gasteiger partial charge in [0.25, 0.3) is 0 Å². The van der Waals surface area contributed by atoms with E-state index in [1.807, 2.05) is 0 Å². The summed E-state index contributed by atoms with van der Waals surface area (Å²) in [5, 5.41) is 9.09. The van der Waals surface area contributed by atoms with Crippen LogP contribution < -0.4 is 10.9 Å². The standard InChI is InChI=1S/C15H13ClF3N3O/c16-12-4-2-1-3-10(12)14(23)22-21-13-6-5-9(8-20)7-11(13)15(17,18)19/h1-2,4-6,9-10,21H,3,7H2,(H,22,23). The molecular weight excluding hydrogens is 331 g/mol. The lowest BCUT2D eigenvalue weighted by Crippen LogP contribution is -2.42. The molecule has 0 fully saturated rings. The molecule has 0 spiro atoms. The number of allylic oxidation sites excluding steroid dienone is 6. The van der Waals surface area contributed by atoms with Crippen LogP contribution in [0.25, 0.3) is 0 Å². The molecule has 0 saturated heterocycles. The van der Waals surface area contributed by atoms with Crippen LogP contribution >= 0.6 is 11.6 Å². The maximum atomic E-state index is 13.0. The third-order valence-corrected chi connectivity index (χ3v) is 3.87. The first-order valence-electron chi connectivity index (χ1n) is 6.79. The average molecular weight is 344 g/mol. The van der Waals surface area contributed by atoms with Gasteiger partial charge in [-0.2, -0.15) is 18.4 Å². The van der Waals surface area contributed by atoms with Crippen molar-refractivity contribution in [2.24, 2.45) is 11.8 Å². The van der Waals surface area contributed by atoms with Crippen LogP contribution in [0.2, 0.25) is 0 Å². The Hall–Kier alpha value is -2.20. The minimum atomic E-state index is -4.59. The molecule has 0 bridgehead atoms. The van der Waals surface area contributed by atoms with Crippen molar-refractivity contribution in [1.29, 1.82) is 5.26 Å². The fraction of sp³-hybridized carbons (Fsp3) is 0.333. The number of amides is 1. The van der Waals surface area contributed by atoms with E-state index in [1.165, 1.54) is 6.08 Å². The predicted molar refractivity (Wildman–Crippen MR) is 78.4 cm³/mol. The molecule has 0 aliphatic heterocycles. The average Bonchev–Trinajstić information content (AvgIpc) is 2.52. The molecule has 2 N–H and O–H groups in total. The van der Waals surface area contributed by atoms with Crippen LogP contribution in [-0.4, -0.2) is 12.1 Å². The highest BCUT2D eigenvalue weighted by atomic mass is 35.5. The van der Waals surface area contributed by atoms with Crippen molar-refractivity contribution in [1.82, 2.24) is 10.9 Å². The number of hydrogen-bond donors (Lipinski definition) is 2. The molecule has 122 valence electrons. The van der Waals surface area contributed by atoms with Crippen LogP contribution in [0.3, 0.4) is 0 Å². The Labute approximate surface area is 136 Å². The van der Waals surface area contributed by atoms with Crippen LogP contribution in [0, 0.1) is 23.2 Å². The Morgan fingerprint density at radius 2 is 2.17 bits per heavy atom. The molecule has 2 aliphatic rings. The van der Waals surface area contributed by atoms with Crippen LogP contribution in [0.1, 0.15) is 12.8 Å². The molecule has 0 saturated carbocycles. The second-order valence-electron chi connectivity index (χ2n) is 5.07. The molecular formula is C15H13ClF3N3O. The summed E-state index contributed by atoms with van der Waals surface area (Å²) in [5.41, 5.74) is 3.39. The van der Waals surface area contributed by atoms with Gasteiger partial charge in [-0.3, -0.25) is 15.6 Å². The highest BCUT2D eigenvalue weighted by molar-refractivity contribution is 6.31. The van der Waals surface area contributed by atoms with Crippen LogP contribution in [-0.2, 0) is 4.79 Å². The van der Waals surface area contributed by atoms with Gasteiger partial charge >= 0.3 is 6.18 Å². The van der Waals surface area contributed by atoms with E-state index in [4.69, 9.17) is 16.9 Å². The zero-order valence-corrected chi connectivity index (χ0v) is 12.6. The fourth-order valence-corrected chi connectivity index (χ4v) is 2.50. The summed E-state index contributed by atoms with van der Waals surface area (Å²) < 4.78 is 39.1. The van der Waals surface area contributed by atoms with Crippen molar-refractivity contribution in [2.75, 3.05) is 0 Å². The van der Waals surface area contributed by atoms with Crippen molar-refractivity contribution in [3.8, 4) is 6.07 Å². The Balaban J connectivity index is 2.09. The zero-order valence-electron chi connectivity index (χ0n) is 11.8. The molecule has 0 radical (unpaired) electrons. The lowest BCUT2D eigenvalue weighted by atomic mass is 9.93. The smallest absolute Gasteiger partial charge is 0.298 e. The van der Waals surface area contributed by atoms with E-state index >= 15 is 0 Å². The van der Waals surface area contributed by atoms with Crippen molar-refractivity contribution >= 4 is 17.5 Å². The first-order chi connectivity index (χ1) is 10.8. The highest BCUT2D eigenvalue weighted by Crippen LogP contribution is 2.35. The van der Waals surface area contributed by atoms with Crippen molar-refractivity contribution in [3.05, 3.63) is 46.7 Å². The van der Waals surface area contributed by atoms with Crippen LogP contribution in [0.15, 0.2) is 46.7 Å². The normalized spacial score (nSPS) is 24.0. The minimum absolute atomic E-state index is 0.274. The number of nitrogens with one attached hydrogen (secondary N) is 2. The number of nitriles is 1. The topological polar surface area (TPSA) is 64.9 Å². The van der Waals surface area contributed by atoms with Crippen molar-refractivity contribution in [3.63, 3.8) is 0 Å². The Kier molecular flexibility index (Phi) is 5.16. The van der Waals surface area contributed by atoms with Crippen molar-refractivity contribution < 1.29 is 18.0 Å². The molecule has 2 aliphatic carbocycles. The van der Waals surface area contributed by atoms with Gasteiger partial charge in [-0.25, -0.2) is 0 Å². The van der Waals surface area contributed by atoms with Crippen molar-refractivity contribution in [2.45, 2.75) is 19.0 Å². The Morgan fingerprint density at radius 3 is 2.78 bits per heavy atom. The molecule has 8 heteroatoms. The van der Waals surface area contributed by atoms with E-state index in [1.54, 1.807) is 24.3 Å². The molecule has 4 nitrogen and oxygen atoms in total. The summed E-state index contributed by atoms with van der Waals surface area (Å²) in [5.74, 6) is -2.00. The quantitative estimate of drug-likeness (QED) is 0.773. The predicted octanol–water partition coefficient (Wildman–Crippen LogP) is 3.22. The van der Waals surface area contributed by atoms with Gasteiger partial charge in [0.05, 0.1) is 29.2 Å². The number of nitrogens with zero attached hydrogens (tertiary/aromatic N) is 1. The van der Waals surface area contributed by atoms with E-state index in [-0.39, 0.29) is 5.70 Å². The second-order valence-corrected chi connectivity index (χ2v) is 5.51. The molecule has 0 aromatic heterocycles. The second kappa shape index (κ2) is 6.92. The van der Waals surface area contributed by atoms with Gasteiger partial charge in [0, 0.05) is 5.03 Å². The molecule has 0 aromatic carbocycles. The minimum Gasteiger partial charge on any atom is -0.298 e. The van der Waals surface area contributed by atoms with Crippen LogP contribution in [0.5, 0.6) is 0 Å². The molecule has 2 atom stereocenters. The molecule has 0 heterocycles. The van der Waals surface area contributed by atoms with Gasteiger partial charge in [0.15, 0.2) is 0 Å². The van der Waals surface area contributed by atoms with E-state index in [0.717, 1.165) is 6.08 Å². The highest BCUT2D eigenvalue weighted by Gasteiger charge is 2.38. The number of hydrazine groups is 1. The van der Waals surface area contributed by atoms with Gasteiger partial charge < -0.3 is 0 Å². The van der Waals surface area contributed by atoms with E-state index in [9.17, 15) is 18.0 Å². The van der Waals surface area contributed by atoms with E-state index < -0.39 is 35.9 Å². The van der Waals surface area contributed by atoms with Crippen LogP contribution in [0.4, 0.5) is 13.2 Å². The molecule has 2 rings (SSSR count). The molecule has 23 heavy (non-hydrogen) atoms.